The van der Waals surface area contributed by atoms with Gasteiger partial charge in [0.2, 0.25) is 5.91 Å². The van der Waals surface area contributed by atoms with E-state index >= 15 is 0 Å². The molecule has 1 aliphatic carbocycles. The molecule has 0 atom stereocenters. The first-order valence-electron chi connectivity index (χ1n) is 6.66. The van der Waals surface area contributed by atoms with Crippen molar-refractivity contribution in [1.82, 2.24) is 0 Å². The minimum atomic E-state index is -0.800. The Labute approximate surface area is 114 Å². The SMILES string of the molecule is Cc1ccc(N(C)C(=O)C2(C#N)CC(C)C2)c(C)c1. The predicted octanol–water partition coefficient (Wildman–Crippen LogP) is 3.21. The maximum atomic E-state index is 12.6. The normalized spacial score (nSPS) is 25.3. The zero-order chi connectivity index (χ0) is 14.2. The zero-order valence-electron chi connectivity index (χ0n) is 12.0. The summed E-state index contributed by atoms with van der Waals surface area (Å²) < 4.78 is 0. The van der Waals surface area contributed by atoms with E-state index in [4.69, 9.17) is 0 Å². The summed E-state index contributed by atoms with van der Waals surface area (Å²) in [5.41, 5.74) is 2.33. The Morgan fingerprint density at radius 2 is 2.05 bits per heavy atom. The van der Waals surface area contributed by atoms with E-state index in [1.165, 1.54) is 5.56 Å². The molecule has 3 heteroatoms. The number of amides is 1. The van der Waals surface area contributed by atoms with Crippen molar-refractivity contribution in [3.05, 3.63) is 29.3 Å². The van der Waals surface area contributed by atoms with E-state index in [0.717, 1.165) is 11.3 Å². The van der Waals surface area contributed by atoms with Gasteiger partial charge >= 0.3 is 0 Å². The van der Waals surface area contributed by atoms with Crippen LogP contribution in [0.4, 0.5) is 5.69 Å². The molecule has 0 saturated heterocycles. The number of aryl methyl sites for hydroxylation is 2. The molecule has 0 spiro atoms. The number of carbonyl (C=O) groups excluding carboxylic acids is 1. The monoisotopic (exact) mass is 256 g/mol. The van der Waals surface area contributed by atoms with Gasteiger partial charge in [0.1, 0.15) is 5.41 Å². The molecule has 1 aliphatic rings. The van der Waals surface area contributed by atoms with Crippen LogP contribution in [0.15, 0.2) is 18.2 Å². The third kappa shape index (κ3) is 2.23. The van der Waals surface area contributed by atoms with E-state index < -0.39 is 5.41 Å². The molecular formula is C16H20N2O. The summed E-state index contributed by atoms with van der Waals surface area (Å²) in [6.45, 7) is 6.11. The van der Waals surface area contributed by atoms with Gasteiger partial charge in [0.25, 0.3) is 0 Å². The lowest BCUT2D eigenvalue weighted by Crippen LogP contribution is -2.49. The number of anilines is 1. The molecule has 1 aromatic carbocycles. The molecule has 0 aliphatic heterocycles. The second-order valence-corrected chi connectivity index (χ2v) is 5.86. The second kappa shape index (κ2) is 4.70. The number of rotatable bonds is 2. The molecule has 0 unspecified atom stereocenters. The van der Waals surface area contributed by atoms with Crippen LogP contribution in [0, 0.1) is 36.5 Å². The van der Waals surface area contributed by atoms with Gasteiger partial charge in [0.05, 0.1) is 6.07 Å². The van der Waals surface area contributed by atoms with Crippen molar-refractivity contribution in [2.24, 2.45) is 11.3 Å². The van der Waals surface area contributed by atoms with Crippen LogP contribution in [0.25, 0.3) is 0 Å². The molecule has 3 nitrogen and oxygen atoms in total. The minimum absolute atomic E-state index is 0.0694. The van der Waals surface area contributed by atoms with Crippen LogP contribution < -0.4 is 4.90 Å². The highest BCUT2D eigenvalue weighted by Gasteiger charge is 2.50. The Kier molecular flexibility index (Phi) is 3.36. The molecule has 0 N–H and O–H groups in total. The third-order valence-corrected chi connectivity index (χ3v) is 4.04. The topological polar surface area (TPSA) is 44.1 Å². The van der Waals surface area contributed by atoms with Crippen molar-refractivity contribution in [1.29, 1.82) is 5.26 Å². The quantitative estimate of drug-likeness (QED) is 0.815. The molecule has 0 aromatic heterocycles. The van der Waals surface area contributed by atoms with Crippen LogP contribution in [-0.4, -0.2) is 13.0 Å². The summed E-state index contributed by atoms with van der Waals surface area (Å²) in [7, 11) is 1.77. The fraction of sp³-hybridized carbons (Fsp3) is 0.500. The molecule has 19 heavy (non-hydrogen) atoms. The Balaban J connectivity index is 2.27. The summed E-state index contributed by atoms with van der Waals surface area (Å²) in [5, 5.41) is 9.34. The molecule has 1 saturated carbocycles. The Bertz CT molecular complexity index is 550. The number of carbonyl (C=O) groups is 1. The van der Waals surface area contributed by atoms with Gasteiger partial charge in [0, 0.05) is 12.7 Å². The average molecular weight is 256 g/mol. The van der Waals surface area contributed by atoms with Crippen molar-refractivity contribution in [2.45, 2.75) is 33.6 Å². The van der Waals surface area contributed by atoms with E-state index in [0.29, 0.717) is 18.8 Å². The molecule has 2 rings (SSSR count). The number of benzene rings is 1. The average Bonchev–Trinajstić information content (AvgIpc) is 2.33. The molecular weight excluding hydrogens is 236 g/mol. The summed E-state index contributed by atoms with van der Waals surface area (Å²) >= 11 is 0. The van der Waals surface area contributed by atoms with Gasteiger partial charge in [-0.1, -0.05) is 24.6 Å². The highest BCUT2D eigenvalue weighted by atomic mass is 16.2. The van der Waals surface area contributed by atoms with Gasteiger partial charge in [0.15, 0.2) is 0 Å². The molecule has 0 radical (unpaired) electrons. The van der Waals surface area contributed by atoms with E-state index in [9.17, 15) is 10.1 Å². The van der Waals surface area contributed by atoms with Crippen LogP contribution in [0.1, 0.15) is 30.9 Å². The molecule has 1 aromatic rings. The van der Waals surface area contributed by atoms with Gasteiger partial charge in [-0.05, 0) is 44.2 Å². The minimum Gasteiger partial charge on any atom is -0.314 e. The highest BCUT2D eigenvalue weighted by molar-refractivity contribution is 6.00. The van der Waals surface area contributed by atoms with E-state index in [1.54, 1.807) is 11.9 Å². The van der Waals surface area contributed by atoms with E-state index in [2.05, 4.69) is 19.1 Å². The van der Waals surface area contributed by atoms with Gasteiger partial charge in [-0.3, -0.25) is 4.79 Å². The fourth-order valence-corrected chi connectivity index (χ4v) is 3.06. The van der Waals surface area contributed by atoms with E-state index in [1.807, 2.05) is 26.0 Å². The van der Waals surface area contributed by atoms with Crippen LogP contribution in [0.5, 0.6) is 0 Å². The Hall–Kier alpha value is -1.82. The predicted molar refractivity (Wildman–Crippen MR) is 75.8 cm³/mol. The van der Waals surface area contributed by atoms with Crippen LogP contribution in [0.3, 0.4) is 0 Å². The zero-order valence-corrected chi connectivity index (χ0v) is 12.0. The van der Waals surface area contributed by atoms with E-state index in [-0.39, 0.29) is 5.91 Å². The lowest BCUT2D eigenvalue weighted by Gasteiger charge is -2.41. The first-order chi connectivity index (χ1) is 8.89. The van der Waals surface area contributed by atoms with Crippen LogP contribution >= 0.6 is 0 Å². The summed E-state index contributed by atoms with van der Waals surface area (Å²) in [6, 6.07) is 8.24. The smallest absolute Gasteiger partial charge is 0.247 e. The lowest BCUT2D eigenvalue weighted by atomic mass is 9.62. The summed E-state index contributed by atoms with van der Waals surface area (Å²) in [4.78, 5) is 14.2. The van der Waals surface area contributed by atoms with Crippen molar-refractivity contribution >= 4 is 11.6 Å². The number of nitrogens with zero attached hydrogens (tertiary/aromatic N) is 2. The fourth-order valence-electron chi connectivity index (χ4n) is 3.06. The van der Waals surface area contributed by atoms with Crippen molar-refractivity contribution in [3.8, 4) is 6.07 Å². The maximum Gasteiger partial charge on any atom is 0.247 e. The first-order valence-corrected chi connectivity index (χ1v) is 6.66. The van der Waals surface area contributed by atoms with Crippen molar-refractivity contribution in [3.63, 3.8) is 0 Å². The molecule has 0 bridgehead atoms. The summed E-state index contributed by atoms with van der Waals surface area (Å²) in [5.74, 6) is 0.399. The first kappa shape index (κ1) is 13.6. The highest BCUT2D eigenvalue weighted by Crippen LogP contribution is 2.46. The molecule has 100 valence electrons. The van der Waals surface area contributed by atoms with Crippen molar-refractivity contribution in [2.75, 3.05) is 11.9 Å². The van der Waals surface area contributed by atoms with Crippen molar-refractivity contribution < 1.29 is 4.79 Å². The largest absolute Gasteiger partial charge is 0.314 e. The maximum absolute atomic E-state index is 12.6. The Morgan fingerprint density at radius 3 is 2.53 bits per heavy atom. The summed E-state index contributed by atoms with van der Waals surface area (Å²) in [6.07, 6.45) is 1.36. The molecule has 1 fully saturated rings. The molecule has 1 amide bonds. The van der Waals surface area contributed by atoms with Gasteiger partial charge in [-0.25, -0.2) is 0 Å². The number of nitriles is 1. The van der Waals surface area contributed by atoms with Gasteiger partial charge < -0.3 is 4.90 Å². The van der Waals surface area contributed by atoms with Gasteiger partial charge in [-0.15, -0.1) is 0 Å². The third-order valence-electron chi connectivity index (χ3n) is 4.04. The van der Waals surface area contributed by atoms with Crippen LogP contribution in [0.2, 0.25) is 0 Å². The molecule has 0 heterocycles. The number of hydrogen-bond donors (Lipinski definition) is 0. The number of hydrogen-bond acceptors (Lipinski definition) is 2. The van der Waals surface area contributed by atoms with Crippen LogP contribution in [-0.2, 0) is 4.79 Å². The standard InChI is InChI=1S/C16H20N2O/c1-11-5-6-14(13(3)7-11)18(4)15(19)16(10-17)8-12(2)9-16/h5-7,12H,8-9H2,1-4H3. The Morgan fingerprint density at radius 1 is 1.42 bits per heavy atom. The lowest BCUT2D eigenvalue weighted by molar-refractivity contribution is -0.130. The second-order valence-electron chi connectivity index (χ2n) is 5.86. The van der Waals surface area contributed by atoms with Gasteiger partial charge in [-0.2, -0.15) is 5.26 Å².